The highest BCUT2D eigenvalue weighted by atomic mass is 28.3. The quantitative estimate of drug-likeness (QED) is 0.632. The number of hydrogen-bond donors (Lipinski definition) is 1. The highest BCUT2D eigenvalue weighted by Crippen LogP contribution is 2.13. The van der Waals surface area contributed by atoms with Gasteiger partial charge in [-0.05, 0) is 19.4 Å². The van der Waals surface area contributed by atoms with Gasteiger partial charge in [-0.25, -0.2) is 0 Å². The molecular weight excluding hydrogens is 154 g/mol. The fourth-order valence-corrected chi connectivity index (χ4v) is 2.72. The Morgan fingerprint density at radius 3 is 2.45 bits per heavy atom. The molecule has 11 heavy (non-hydrogen) atoms. The van der Waals surface area contributed by atoms with Crippen molar-refractivity contribution in [2.75, 3.05) is 6.54 Å². The van der Waals surface area contributed by atoms with E-state index in [1.807, 2.05) is 0 Å². The Bertz CT molecular complexity index is 156. The molecule has 0 aliphatic carbocycles. The van der Waals surface area contributed by atoms with Crippen LogP contribution in [0.1, 0.15) is 12.8 Å². The molecular formula is C8H17NOSi. The fourth-order valence-electron chi connectivity index (χ4n) is 1.43. The van der Waals surface area contributed by atoms with E-state index in [0.717, 1.165) is 13.0 Å². The van der Waals surface area contributed by atoms with E-state index in [4.69, 9.17) is 0 Å². The van der Waals surface area contributed by atoms with Crippen molar-refractivity contribution < 1.29 is 4.79 Å². The second-order valence-electron chi connectivity index (χ2n) is 4.26. The monoisotopic (exact) mass is 171 g/mol. The molecule has 0 saturated carbocycles. The van der Waals surface area contributed by atoms with Gasteiger partial charge in [-0.15, -0.1) is 0 Å². The first kappa shape index (κ1) is 8.94. The molecule has 2 nitrogen and oxygen atoms in total. The van der Waals surface area contributed by atoms with Crippen molar-refractivity contribution in [2.45, 2.75) is 38.5 Å². The van der Waals surface area contributed by atoms with E-state index < -0.39 is 8.07 Å². The van der Waals surface area contributed by atoms with Crippen LogP contribution in [-0.4, -0.2) is 26.1 Å². The van der Waals surface area contributed by atoms with Crippen molar-refractivity contribution in [1.29, 1.82) is 0 Å². The van der Waals surface area contributed by atoms with Crippen molar-refractivity contribution >= 4 is 13.5 Å². The van der Waals surface area contributed by atoms with Crippen LogP contribution in [0.4, 0.5) is 0 Å². The summed E-state index contributed by atoms with van der Waals surface area (Å²) < 4.78 is 0. The standard InChI is InChI=1S/C8H17NOSi/c1-11(2,3)8(10)7-5-4-6-9-7/h7,9H,4-6H2,1-3H3/t7-/m0/s1. The highest BCUT2D eigenvalue weighted by Gasteiger charge is 2.32. The zero-order chi connectivity index (χ0) is 8.48. The molecule has 0 aromatic rings. The van der Waals surface area contributed by atoms with E-state index in [9.17, 15) is 4.79 Å². The van der Waals surface area contributed by atoms with Crippen LogP contribution in [-0.2, 0) is 4.79 Å². The molecule has 0 spiro atoms. The van der Waals surface area contributed by atoms with E-state index in [0.29, 0.717) is 5.41 Å². The molecule has 1 saturated heterocycles. The van der Waals surface area contributed by atoms with Crippen molar-refractivity contribution in [3.8, 4) is 0 Å². The van der Waals surface area contributed by atoms with Crippen molar-refractivity contribution in [1.82, 2.24) is 5.32 Å². The summed E-state index contributed by atoms with van der Waals surface area (Å²) in [6.07, 6.45) is 2.23. The third-order valence-corrected chi connectivity index (χ3v) is 3.94. The van der Waals surface area contributed by atoms with Crippen LogP contribution in [0.25, 0.3) is 0 Å². The molecule has 1 aliphatic heterocycles. The second kappa shape index (κ2) is 3.07. The lowest BCUT2D eigenvalue weighted by Crippen LogP contribution is -2.45. The molecule has 0 aromatic heterocycles. The Morgan fingerprint density at radius 1 is 1.45 bits per heavy atom. The lowest BCUT2D eigenvalue weighted by Gasteiger charge is -2.19. The summed E-state index contributed by atoms with van der Waals surface area (Å²) in [5.74, 6) is 0. The Balaban J connectivity index is 2.53. The topological polar surface area (TPSA) is 29.1 Å². The van der Waals surface area contributed by atoms with Gasteiger partial charge in [0.25, 0.3) is 0 Å². The summed E-state index contributed by atoms with van der Waals surface area (Å²) in [6, 6.07) is 0.196. The molecule has 1 N–H and O–H groups in total. The molecule has 1 heterocycles. The first-order valence-electron chi connectivity index (χ1n) is 4.29. The van der Waals surface area contributed by atoms with E-state index in [2.05, 4.69) is 25.0 Å². The summed E-state index contributed by atoms with van der Waals surface area (Å²) >= 11 is 0. The van der Waals surface area contributed by atoms with Gasteiger partial charge in [0.1, 0.15) is 13.5 Å². The molecule has 1 rings (SSSR count). The van der Waals surface area contributed by atoms with Gasteiger partial charge in [0, 0.05) is 0 Å². The molecule has 0 aromatic carbocycles. The summed E-state index contributed by atoms with van der Waals surface area (Å²) in [4.78, 5) is 11.7. The Morgan fingerprint density at radius 2 is 2.09 bits per heavy atom. The normalized spacial score (nSPS) is 25.5. The van der Waals surface area contributed by atoms with Crippen molar-refractivity contribution in [3.63, 3.8) is 0 Å². The van der Waals surface area contributed by atoms with Gasteiger partial charge in [0.15, 0.2) is 0 Å². The lowest BCUT2D eigenvalue weighted by molar-refractivity contribution is -0.114. The zero-order valence-electron chi connectivity index (χ0n) is 7.61. The van der Waals surface area contributed by atoms with E-state index >= 15 is 0 Å². The summed E-state index contributed by atoms with van der Waals surface area (Å²) in [5.41, 5.74) is 0. The van der Waals surface area contributed by atoms with Crippen LogP contribution in [0.15, 0.2) is 0 Å². The maximum atomic E-state index is 11.7. The molecule has 3 heteroatoms. The van der Waals surface area contributed by atoms with Gasteiger partial charge in [-0.2, -0.15) is 0 Å². The molecule has 1 fully saturated rings. The minimum atomic E-state index is -1.53. The largest absolute Gasteiger partial charge is 0.308 e. The fraction of sp³-hybridized carbons (Fsp3) is 0.875. The van der Waals surface area contributed by atoms with Crippen molar-refractivity contribution in [2.24, 2.45) is 0 Å². The maximum absolute atomic E-state index is 11.7. The van der Waals surface area contributed by atoms with Crippen LogP contribution in [0, 0.1) is 0 Å². The SMILES string of the molecule is C[Si](C)(C)C(=O)[C@@H]1CCCN1. The van der Waals surface area contributed by atoms with Gasteiger partial charge in [-0.3, -0.25) is 0 Å². The van der Waals surface area contributed by atoms with E-state index in [1.165, 1.54) is 6.42 Å². The summed E-state index contributed by atoms with van der Waals surface area (Å²) in [7, 11) is -1.53. The van der Waals surface area contributed by atoms with Crippen LogP contribution < -0.4 is 5.32 Å². The third-order valence-electron chi connectivity index (χ3n) is 2.12. The van der Waals surface area contributed by atoms with Gasteiger partial charge < -0.3 is 10.1 Å². The highest BCUT2D eigenvalue weighted by molar-refractivity contribution is 7.04. The summed E-state index contributed by atoms with van der Waals surface area (Å²) in [5, 5.41) is 3.74. The third kappa shape index (κ3) is 2.14. The van der Waals surface area contributed by atoms with Crippen LogP contribution in [0.3, 0.4) is 0 Å². The number of carbonyl (C=O) groups excluding carboxylic acids is 1. The van der Waals surface area contributed by atoms with Gasteiger partial charge in [0.05, 0.1) is 6.04 Å². The van der Waals surface area contributed by atoms with Gasteiger partial charge in [0.2, 0.25) is 0 Å². The molecule has 1 aliphatic rings. The number of hydrogen-bond acceptors (Lipinski definition) is 2. The average molecular weight is 171 g/mol. The minimum Gasteiger partial charge on any atom is -0.308 e. The predicted octanol–water partition coefficient (Wildman–Crippen LogP) is 1.18. The average Bonchev–Trinajstić information content (AvgIpc) is 2.34. The summed E-state index contributed by atoms with van der Waals surface area (Å²) in [6.45, 7) is 7.39. The number of nitrogens with one attached hydrogen (secondary N) is 1. The Kier molecular flexibility index (Phi) is 2.49. The minimum absolute atomic E-state index is 0.196. The van der Waals surface area contributed by atoms with Crippen LogP contribution in [0.2, 0.25) is 19.6 Å². The van der Waals surface area contributed by atoms with Gasteiger partial charge >= 0.3 is 0 Å². The molecule has 1 atom stereocenters. The number of carbonyl (C=O) groups is 1. The van der Waals surface area contributed by atoms with E-state index in [-0.39, 0.29) is 6.04 Å². The van der Waals surface area contributed by atoms with Gasteiger partial charge in [-0.1, -0.05) is 19.6 Å². The zero-order valence-corrected chi connectivity index (χ0v) is 8.61. The Hall–Kier alpha value is -0.153. The van der Waals surface area contributed by atoms with Crippen LogP contribution in [0.5, 0.6) is 0 Å². The number of rotatable bonds is 2. The molecule has 0 radical (unpaired) electrons. The van der Waals surface area contributed by atoms with Crippen LogP contribution >= 0.6 is 0 Å². The molecule has 0 unspecified atom stereocenters. The van der Waals surface area contributed by atoms with Crippen molar-refractivity contribution in [3.05, 3.63) is 0 Å². The maximum Gasteiger partial charge on any atom is 0.127 e. The smallest absolute Gasteiger partial charge is 0.127 e. The lowest BCUT2D eigenvalue weighted by atomic mass is 10.2. The predicted molar refractivity (Wildman–Crippen MR) is 49.4 cm³/mol. The first-order valence-corrected chi connectivity index (χ1v) is 7.79. The Labute approximate surface area is 69.4 Å². The second-order valence-corrected chi connectivity index (χ2v) is 9.26. The first-order chi connectivity index (χ1) is 5.02. The molecule has 0 amide bonds. The van der Waals surface area contributed by atoms with E-state index in [1.54, 1.807) is 0 Å². The molecule has 0 bridgehead atoms. The molecule has 64 valence electrons.